The molecule has 0 saturated heterocycles. The molecule has 1 aromatic heterocycles. The third-order valence-corrected chi connectivity index (χ3v) is 7.28. The number of imidazole rings is 1. The average Bonchev–Trinajstić information content (AvgIpc) is 3.32. The molecule has 0 fully saturated rings. The van der Waals surface area contributed by atoms with E-state index in [-0.39, 0.29) is 17.3 Å². The summed E-state index contributed by atoms with van der Waals surface area (Å²) in [7, 11) is 1.88. The quantitative estimate of drug-likeness (QED) is 0.378. The van der Waals surface area contributed by atoms with Crippen molar-refractivity contribution in [2.24, 2.45) is 0 Å². The molecule has 0 radical (unpaired) electrons. The molecule has 2 unspecified atom stereocenters. The van der Waals surface area contributed by atoms with E-state index in [1.807, 2.05) is 47.0 Å². The minimum atomic E-state index is -0.184. The highest BCUT2D eigenvalue weighted by molar-refractivity contribution is 8.01. The molecule has 4 rings (SSSR count). The topological polar surface area (TPSA) is 47.4 Å². The second-order valence-electron chi connectivity index (χ2n) is 8.06. The maximum Gasteiger partial charge on any atom is 0.240 e. The molecule has 3 aromatic rings. The van der Waals surface area contributed by atoms with Crippen LogP contribution in [-0.2, 0) is 22.7 Å². The number of rotatable bonds is 9. The molecule has 1 aliphatic rings. The number of benzene rings is 2. The Bertz CT molecular complexity index is 1040. The lowest BCUT2D eigenvalue weighted by Gasteiger charge is -2.32. The molecule has 0 bridgehead atoms. The number of halogens is 1. The van der Waals surface area contributed by atoms with Gasteiger partial charge in [-0.2, -0.15) is 0 Å². The number of aromatic nitrogens is 2. The van der Waals surface area contributed by atoms with Crippen molar-refractivity contribution >= 4 is 35.0 Å². The highest BCUT2D eigenvalue weighted by Gasteiger charge is 2.31. The number of hydrogen-bond acceptors (Lipinski definition) is 4. The lowest BCUT2D eigenvalue weighted by molar-refractivity contribution is -0.118. The summed E-state index contributed by atoms with van der Waals surface area (Å²) in [5.41, 5.74) is 3.05. The summed E-state index contributed by atoms with van der Waals surface area (Å²) in [6, 6.07) is 14.0. The van der Waals surface area contributed by atoms with E-state index >= 15 is 0 Å². The van der Waals surface area contributed by atoms with E-state index in [9.17, 15) is 4.79 Å². The standard InChI is InChI=1S/C25H28ClN3O2S/c1-3-4-5-24-25(30)28(2)21-14-19(8-11-23(21)32-24)22(15-29-13-12-27-17-29)31-16-18-6-9-20(26)10-7-18/h6-14,17,22,24H,3-5,15-16H2,1-2H3. The Kier molecular flexibility index (Phi) is 7.55. The Balaban J connectivity index is 1.57. The largest absolute Gasteiger partial charge is 0.367 e. The van der Waals surface area contributed by atoms with Crippen molar-refractivity contribution in [2.45, 2.75) is 55.6 Å². The fraction of sp³-hybridized carbons (Fsp3) is 0.360. The Morgan fingerprint density at radius 1 is 1.22 bits per heavy atom. The number of carbonyl (C=O) groups is 1. The lowest BCUT2D eigenvalue weighted by atomic mass is 10.1. The predicted molar refractivity (Wildman–Crippen MR) is 130 cm³/mol. The number of anilines is 1. The number of nitrogens with zero attached hydrogens (tertiary/aromatic N) is 3. The van der Waals surface area contributed by atoms with E-state index in [1.165, 1.54) is 0 Å². The molecular formula is C25H28ClN3O2S. The molecule has 2 atom stereocenters. The third-order valence-electron chi connectivity index (χ3n) is 5.71. The molecule has 1 aliphatic heterocycles. The summed E-state index contributed by atoms with van der Waals surface area (Å²) in [6.07, 6.45) is 8.39. The van der Waals surface area contributed by atoms with Crippen molar-refractivity contribution in [1.82, 2.24) is 9.55 Å². The summed E-state index contributed by atoms with van der Waals surface area (Å²) >= 11 is 7.70. The maximum absolute atomic E-state index is 12.9. The van der Waals surface area contributed by atoms with E-state index in [0.29, 0.717) is 18.2 Å². The van der Waals surface area contributed by atoms with Crippen molar-refractivity contribution in [3.63, 3.8) is 0 Å². The molecule has 2 aromatic carbocycles. The van der Waals surface area contributed by atoms with Crippen LogP contribution < -0.4 is 4.90 Å². The normalized spacial score (nSPS) is 16.8. The summed E-state index contributed by atoms with van der Waals surface area (Å²) in [4.78, 5) is 20.0. The number of thioether (sulfide) groups is 1. The van der Waals surface area contributed by atoms with E-state index in [4.69, 9.17) is 16.3 Å². The number of unbranched alkanes of at least 4 members (excludes halogenated alkanes) is 1. The van der Waals surface area contributed by atoms with Crippen LogP contribution in [0.15, 0.2) is 66.1 Å². The predicted octanol–water partition coefficient (Wildman–Crippen LogP) is 6.12. The molecule has 7 heteroatoms. The van der Waals surface area contributed by atoms with E-state index in [1.54, 1.807) is 24.3 Å². The van der Waals surface area contributed by atoms with Crippen molar-refractivity contribution in [1.29, 1.82) is 0 Å². The first-order chi connectivity index (χ1) is 15.5. The second kappa shape index (κ2) is 10.6. The zero-order valence-electron chi connectivity index (χ0n) is 18.4. The van der Waals surface area contributed by atoms with Gasteiger partial charge in [0.1, 0.15) is 6.10 Å². The Morgan fingerprint density at radius 2 is 2.03 bits per heavy atom. The zero-order chi connectivity index (χ0) is 22.5. The van der Waals surface area contributed by atoms with Gasteiger partial charge in [-0.1, -0.05) is 49.6 Å². The SMILES string of the molecule is CCCCC1Sc2ccc(C(Cn3ccnc3)OCc3ccc(Cl)cc3)cc2N(C)C1=O. The van der Waals surface area contributed by atoms with Gasteiger partial charge >= 0.3 is 0 Å². The Hall–Kier alpha value is -2.28. The van der Waals surface area contributed by atoms with Crippen LogP contribution in [0, 0.1) is 0 Å². The van der Waals surface area contributed by atoms with E-state index in [2.05, 4.69) is 30.1 Å². The van der Waals surface area contributed by atoms with Gasteiger partial charge in [0.25, 0.3) is 0 Å². The van der Waals surface area contributed by atoms with Gasteiger partial charge in [0.15, 0.2) is 0 Å². The molecule has 5 nitrogen and oxygen atoms in total. The monoisotopic (exact) mass is 469 g/mol. The van der Waals surface area contributed by atoms with Crippen LogP contribution in [0.25, 0.3) is 0 Å². The van der Waals surface area contributed by atoms with Gasteiger partial charge < -0.3 is 14.2 Å². The van der Waals surface area contributed by atoms with Crippen LogP contribution in [0.3, 0.4) is 0 Å². The van der Waals surface area contributed by atoms with Crippen LogP contribution in [0.2, 0.25) is 5.02 Å². The van der Waals surface area contributed by atoms with Crippen LogP contribution in [0.4, 0.5) is 5.69 Å². The van der Waals surface area contributed by atoms with Gasteiger partial charge in [0, 0.05) is 29.4 Å². The third kappa shape index (κ3) is 5.37. The number of ether oxygens (including phenoxy) is 1. The maximum atomic E-state index is 12.9. The van der Waals surface area contributed by atoms with Crippen molar-refractivity contribution in [2.75, 3.05) is 11.9 Å². The minimum absolute atomic E-state index is 0.00111. The summed E-state index contributed by atoms with van der Waals surface area (Å²) < 4.78 is 8.36. The molecule has 0 saturated carbocycles. The second-order valence-corrected chi connectivity index (χ2v) is 9.74. The molecule has 0 N–H and O–H groups in total. The fourth-order valence-corrected chi connectivity index (χ4v) is 5.26. The average molecular weight is 470 g/mol. The first-order valence-corrected chi connectivity index (χ1v) is 12.2. The number of amides is 1. The van der Waals surface area contributed by atoms with Crippen molar-refractivity contribution < 1.29 is 9.53 Å². The first kappa shape index (κ1) is 22.9. The summed E-state index contributed by atoms with van der Waals surface area (Å²) in [6.45, 7) is 3.26. The molecule has 1 amide bonds. The zero-order valence-corrected chi connectivity index (χ0v) is 20.0. The van der Waals surface area contributed by atoms with Gasteiger partial charge in [-0.05, 0) is 41.8 Å². The molecule has 32 heavy (non-hydrogen) atoms. The Labute approximate surface area is 198 Å². The van der Waals surface area contributed by atoms with Crippen molar-refractivity contribution in [3.8, 4) is 0 Å². The molecule has 0 spiro atoms. The molecule has 168 valence electrons. The van der Waals surface area contributed by atoms with Gasteiger partial charge in [-0.15, -0.1) is 11.8 Å². The molecule has 2 heterocycles. The van der Waals surface area contributed by atoms with E-state index < -0.39 is 0 Å². The van der Waals surface area contributed by atoms with Crippen LogP contribution >= 0.6 is 23.4 Å². The molecule has 0 aliphatic carbocycles. The number of hydrogen-bond donors (Lipinski definition) is 0. The number of carbonyl (C=O) groups excluding carboxylic acids is 1. The molecular weight excluding hydrogens is 442 g/mol. The summed E-state index contributed by atoms with van der Waals surface area (Å²) in [5, 5.41) is 0.710. The first-order valence-electron chi connectivity index (χ1n) is 10.9. The van der Waals surface area contributed by atoms with Crippen molar-refractivity contribution in [3.05, 3.63) is 77.3 Å². The van der Waals surface area contributed by atoms with Crippen LogP contribution in [0.1, 0.15) is 43.4 Å². The summed E-state index contributed by atoms with van der Waals surface area (Å²) in [5.74, 6) is 0.182. The van der Waals surface area contributed by atoms with Gasteiger partial charge in [-0.25, -0.2) is 4.98 Å². The van der Waals surface area contributed by atoms with Crippen LogP contribution in [0.5, 0.6) is 0 Å². The van der Waals surface area contributed by atoms with Gasteiger partial charge in [0.05, 0.1) is 30.4 Å². The fourth-order valence-electron chi connectivity index (χ4n) is 3.82. The Morgan fingerprint density at radius 3 is 2.75 bits per heavy atom. The van der Waals surface area contributed by atoms with E-state index in [0.717, 1.165) is 41.0 Å². The highest BCUT2D eigenvalue weighted by Crippen LogP contribution is 2.42. The minimum Gasteiger partial charge on any atom is -0.367 e. The number of fused-ring (bicyclic) bond motifs is 1. The van der Waals surface area contributed by atoms with Gasteiger partial charge in [-0.3, -0.25) is 4.79 Å². The van der Waals surface area contributed by atoms with Gasteiger partial charge in [0.2, 0.25) is 5.91 Å². The lowest BCUT2D eigenvalue weighted by Crippen LogP contribution is -2.38. The highest BCUT2D eigenvalue weighted by atomic mass is 35.5. The smallest absolute Gasteiger partial charge is 0.240 e. The van der Waals surface area contributed by atoms with Crippen LogP contribution in [-0.4, -0.2) is 27.8 Å².